The smallest absolute Gasteiger partial charge is 0.254 e. The molecule has 0 unspecified atom stereocenters. The SMILES string of the molecule is COc1ccc(C(=O)N2CCN(c3nnc(Cl)c4ccccc34)CC2)cc1C#Cc1ccccn1. The molecule has 4 aromatic rings. The topological polar surface area (TPSA) is 71.5 Å². The van der Waals surface area contributed by atoms with E-state index in [9.17, 15) is 4.79 Å². The minimum atomic E-state index is -0.0414. The van der Waals surface area contributed by atoms with Crippen LogP contribution in [-0.4, -0.2) is 59.3 Å². The summed E-state index contributed by atoms with van der Waals surface area (Å²) in [6.45, 7) is 2.43. The number of ether oxygens (including phenoxy) is 1. The molecule has 0 spiro atoms. The van der Waals surface area contributed by atoms with Gasteiger partial charge in [-0.2, -0.15) is 0 Å². The highest BCUT2D eigenvalue weighted by atomic mass is 35.5. The van der Waals surface area contributed by atoms with Crippen LogP contribution < -0.4 is 9.64 Å². The number of piperazine rings is 1. The normalized spacial score (nSPS) is 13.3. The molecule has 2 aromatic carbocycles. The molecule has 1 aliphatic heterocycles. The van der Waals surface area contributed by atoms with E-state index in [-0.39, 0.29) is 5.91 Å². The summed E-state index contributed by atoms with van der Waals surface area (Å²) < 4.78 is 5.44. The third-order valence-electron chi connectivity index (χ3n) is 5.93. The van der Waals surface area contributed by atoms with Gasteiger partial charge in [0.25, 0.3) is 5.91 Å². The van der Waals surface area contributed by atoms with Crippen LogP contribution in [0.5, 0.6) is 5.75 Å². The van der Waals surface area contributed by atoms with Gasteiger partial charge in [0.15, 0.2) is 11.0 Å². The van der Waals surface area contributed by atoms with Gasteiger partial charge >= 0.3 is 0 Å². The van der Waals surface area contributed by atoms with E-state index in [4.69, 9.17) is 16.3 Å². The highest BCUT2D eigenvalue weighted by Gasteiger charge is 2.25. The van der Waals surface area contributed by atoms with Crippen molar-refractivity contribution >= 4 is 34.1 Å². The molecule has 0 saturated carbocycles. The van der Waals surface area contributed by atoms with Gasteiger partial charge in [0.2, 0.25) is 0 Å². The summed E-state index contributed by atoms with van der Waals surface area (Å²) in [5, 5.41) is 10.7. The molecule has 3 heterocycles. The highest BCUT2D eigenvalue weighted by molar-refractivity contribution is 6.34. The number of benzene rings is 2. The quantitative estimate of drug-likeness (QED) is 0.409. The van der Waals surface area contributed by atoms with Crippen LogP contribution in [0.3, 0.4) is 0 Å². The Morgan fingerprint density at radius 2 is 1.71 bits per heavy atom. The standard InChI is InChI=1S/C27H22ClN5O2/c1-35-24-12-10-20(18-19(24)9-11-21-6-4-5-13-29-21)27(34)33-16-14-32(15-17-33)26-23-8-3-2-7-22(23)25(28)30-31-26/h2-8,10,12-13,18H,14-17H2,1H3. The van der Waals surface area contributed by atoms with Crippen molar-refractivity contribution in [3.8, 4) is 17.6 Å². The van der Waals surface area contributed by atoms with Gasteiger partial charge in [0.05, 0.1) is 12.7 Å². The molecule has 0 atom stereocenters. The Kier molecular flexibility index (Phi) is 6.47. The molecule has 5 rings (SSSR count). The summed E-state index contributed by atoms with van der Waals surface area (Å²) >= 11 is 6.23. The van der Waals surface area contributed by atoms with Crippen LogP contribution in [0.25, 0.3) is 10.8 Å². The fraction of sp³-hybridized carbons (Fsp3) is 0.185. The van der Waals surface area contributed by atoms with Crippen molar-refractivity contribution in [2.45, 2.75) is 0 Å². The van der Waals surface area contributed by atoms with Gasteiger partial charge in [-0.3, -0.25) is 4.79 Å². The molecule has 0 N–H and O–H groups in total. The molecular weight excluding hydrogens is 462 g/mol. The number of halogens is 1. The predicted octanol–water partition coefficient (Wildman–Crippen LogP) is 4.05. The first kappa shape index (κ1) is 22.6. The van der Waals surface area contributed by atoms with E-state index in [1.807, 2.05) is 47.4 Å². The Bertz CT molecular complexity index is 1440. The third-order valence-corrected chi connectivity index (χ3v) is 6.20. The van der Waals surface area contributed by atoms with E-state index in [1.165, 1.54) is 0 Å². The number of nitrogens with zero attached hydrogens (tertiary/aromatic N) is 5. The molecule has 7 nitrogen and oxygen atoms in total. The number of carbonyl (C=O) groups is 1. The lowest BCUT2D eigenvalue weighted by Crippen LogP contribution is -2.49. The average molecular weight is 484 g/mol. The van der Waals surface area contributed by atoms with Gasteiger partial charge in [-0.15, -0.1) is 10.2 Å². The van der Waals surface area contributed by atoms with E-state index >= 15 is 0 Å². The van der Waals surface area contributed by atoms with Gasteiger partial charge in [-0.25, -0.2) is 4.98 Å². The zero-order valence-corrected chi connectivity index (χ0v) is 19.9. The number of hydrogen-bond acceptors (Lipinski definition) is 6. The van der Waals surface area contributed by atoms with Crippen molar-refractivity contribution in [2.75, 3.05) is 38.2 Å². The van der Waals surface area contributed by atoms with Gasteiger partial charge in [0, 0.05) is 48.7 Å². The molecule has 0 radical (unpaired) electrons. The Morgan fingerprint density at radius 1 is 0.943 bits per heavy atom. The van der Waals surface area contributed by atoms with Crippen molar-refractivity contribution in [2.24, 2.45) is 0 Å². The molecular formula is C27H22ClN5O2. The number of rotatable bonds is 3. The van der Waals surface area contributed by atoms with Crippen molar-refractivity contribution in [1.29, 1.82) is 0 Å². The minimum absolute atomic E-state index is 0.0414. The first-order valence-corrected chi connectivity index (χ1v) is 11.6. The number of carbonyl (C=O) groups excluding carboxylic acids is 1. The zero-order chi connectivity index (χ0) is 24.2. The number of methoxy groups -OCH3 is 1. The van der Waals surface area contributed by atoms with Gasteiger partial charge < -0.3 is 14.5 Å². The molecule has 35 heavy (non-hydrogen) atoms. The van der Waals surface area contributed by atoms with Crippen molar-refractivity contribution < 1.29 is 9.53 Å². The summed E-state index contributed by atoms with van der Waals surface area (Å²) in [4.78, 5) is 21.5. The Hall–Kier alpha value is -4.15. The van der Waals surface area contributed by atoms with E-state index in [2.05, 4.69) is 31.9 Å². The second-order valence-electron chi connectivity index (χ2n) is 8.02. The van der Waals surface area contributed by atoms with E-state index in [0.29, 0.717) is 53.9 Å². The number of pyridine rings is 1. The summed E-state index contributed by atoms with van der Waals surface area (Å²) in [7, 11) is 1.59. The van der Waals surface area contributed by atoms with E-state index in [0.717, 1.165) is 16.6 Å². The maximum Gasteiger partial charge on any atom is 0.254 e. The monoisotopic (exact) mass is 483 g/mol. The molecule has 0 bridgehead atoms. The third kappa shape index (κ3) is 4.75. The number of fused-ring (bicyclic) bond motifs is 1. The van der Waals surface area contributed by atoms with Crippen LogP contribution in [0.1, 0.15) is 21.6 Å². The highest BCUT2D eigenvalue weighted by Crippen LogP contribution is 2.29. The van der Waals surface area contributed by atoms with Crippen LogP contribution in [0, 0.1) is 11.8 Å². The zero-order valence-electron chi connectivity index (χ0n) is 19.1. The predicted molar refractivity (Wildman–Crippen MR) is 136 cm³/mol. The Balaban J connectivity index is 1.33. The fourth-order valence-electron chi connectivity index (χ4n) is 4.10. The minimum Gasteiger partial charge on any atom is -0.495 e. The Morgan fingerprint density at radius 3 is 2.46 bits per heavy atom. The second kappa shape index (κ2) is 10.00. The van der Waals surface area contributed by atoms with E-state index in [1.54, 1.807) is 31.5 Å². The average Bonchev–Trinajstić information content (AvgIpc) is 2.92. The second-order valence-corrected chi connectivity index (χ2v) is 8.38. The summed E-state index contributed by atoms with van der Waals surface area (Å²) in [5.74, 6) is 7.47. The van der Waals surface area contributed by atoms with Crippen LogP contribution >= 0.6 is 11.6 Å². The lowest BCUT2D eigenvalue weighted by molar-refractivity contribution is 0.0746. The van der Waals surface area contributed by atoms with Crippen molar-refractivity contribution in [1.82, 2.24) is 20.1 Å². The first-order chi connectivity index (χ1) is 17.1. The number of aromatic nitrogens is 3. The lowest BCUT2D eigenvalue weighted by Gasteiger charge is -2.35. The summed E-state index contributed by atoms with van der Waals surface area (Å²) in [6, 6.07) is 18.7. The van der Waals surface area contributed by atoms with Gasteiger partial charge in [-0.1, -0.05) is 47.9 Å². The largest absolute Gasteiger partial charge is 0.495 e. The van der Waals surface area contributed by atoms with Crippen LogP contribution in [-0.2, 0) is 0 Å². The van der Waals surface area contributed by atoms with Crippen molar-refractivity contribution in [3.63, 3.8) is 0 Å². The van der Waals surface area contributed by atoms with Crippen LogP contribution in [0.4, 0.5) is 5.82 Å². The molecule has 1 fully saturated rings. The fourth-order valence-corrected chi connectivity index (χ4v) is 4.30. The van der Waals surface area contributed by atoms with Crippen LogP contribution in [0.15, 0.2) is 66.9 Å². The summed E-state index contributed by atoms with van der Waals surface area (Å²) in [6.07, 6.45) is 1.69. The maximum absolute atomic E-state index is 13.3. The molecule has 2 aromatic heterocycles. The molecule has 1 saturated heterocycles. The lowest BCUT2D eigenvalue weighted by atomic mass is 10.1. The molecule has 8 heteroatoms. The molecule has 1 aliphatic rings. The van der Waals surface area contributed by atoms with Crippen LogP contribution in [0.2, 0.25) is 5.15 Å². The maximum atomic E-state index is 13.3. The van der Waals surface area contributed by atoms with Gasteiger partial charge in [0.1, 0.15) is 11.4 Å². The molecule has 0 aliphatic carbocycles. The summed E-state index contributed by atoms with van der Waals surface area (Å²) in [5.41, 5.74) is 1.87. The van der Waals surface area contributed by atoms with E-state index < -0.39 is 0 Å². The van der Waals surface area contributed by atoms with Crippen molar-refractivity contribution in [3.05, 3.63) is 88.8 Å². The number of anilines is 1. The number of amides is 1. The molecule has 1 amide bonds. The number of hydrogen-bond donors (Lipinski definition) is 0. The Labute approximate surface area is 208 Å². The first-order valence-electron chi connectivity index (χ1n) is 11.2. The molecule has 174 valence electrons. The van der Waals surface area contributed by atoms with Gasteiger partial charge in [-0.05, 0) is 36.3 Å².